The van der Waals surface area contributed by atoms with Gasteiger partial charge in [-0.3, -0.25) is 19.7 Å². The number of pyridine rings is 1. The number of ether oxygens (including phenoxy) is 1. The van der Waals surface area contributed by atoms with Crippen molar-refractivity contribution in [2.24, 2.45) is 16.8 Å². The topological polar surface area (TPSA) is 78.3 Å². The molecule has 1 fully saturated rings. The molecule has 1 aromatic carbocycles. The number of rotatable bonds is 12. The molecule has 1 aliphatic carbocycles. The van der Waals surface area contributed by atoms with Crippen LogP contribution in [0, 0.1) is 11.8 Å². The third-order valence-corrected chi connectivity index (χ3v) is 10.4. The van der Waals surface area contributed by atoms with Gasteiger partial charge in [-0.15, -0.1) is 0 Å². The SMILES string of the molecule is CCCN(CC)C(=O)CC1CCN(C(=O)N(Cc2ccc(Cl)cc2)C(=NC(C)(C)C2C=CC(Cl)=CC2)c2cnc(C(C)(C)C)cc2OCC)CC1. The highest BCUT2D eigenvalue weighted by Gasteiger charge is 2.36. The lowest BCUT2D eigenvalue weighted by molar-refractivity contribution is -0.132. The summed E-state index contributed by atoms with van der Waals surface area (Å²) in [7, 11) is 0. The lowest BCUT2D eigenvalue weighted by Gasteiger charge is -2.38. The van der Waals surface area contributed by atoms with E-state index in [0.717, 1.165) is 50.0 Å². The highest BCUT2D eigenvalue weighted by Crippen LogP contribution is 2.35. The number of aliphatic imine (C=N–C) groups is 1. The summed E-state index contributed by atoms with van der Waals surface area (Å²) >= 11 is 12.6. The number of aromatic nitrogens is 1. The standard InChI is InChI=1S/C41H57Cl2N5O3/c1-9-22-46(10-2)37(49)25-29-20-23-47(24-21-29)39(50)48(28-30-12-16-32(42)17-13-30)38(45-41(7,8)31-14-18-33(43)19-15-31)34-27-44-36(40(4,5)6)26-35(34)51-11-3/h12-14,16-19,26-27,29,31H,9-11,15,20-25,28H2,1-8H3. The van der Waals surface area contributed by atoms with Crippen LogP contribution in [-0.2, 0) is 16.8 Å². The van der Waals surface area contributed by atoms with E-state index in [9.17, 15) is 9.59 Å². The molecule has 0 saturated carbocycles. The Bertz CT molecular complexity index is 1590. The van der Waals surface area contributed by atoms with Gasteiger partial charge in [0.15, 0.2) is 0 Å². The summed E-state index contributed by atoms with van der Waals surface area (Å²) in [6.45, 7) is 19.9. The van der Waals surface area contributed by atoms with E-state index in [1.54, 1.807) is 4.90 Å². The Morgan fingerprint density at radius 1 is 1.04 bits per heavy atom. The van der Waals surface area contributed by atoms with Crippen molar-refractivity contribution in [1.29, 1.82) is 0 Å². The maximum atomic E-state index is 14.9. The van der Waals surface area contributed by atoms with Crippen LogP contribution in [0.2, 0.25) is 5.02 Å². The second-order valence-electron chi connectivity index (χ2n) is 15.2. The zero-order valence-corrected chi connectivity index (χ0v) is 33.4. The minimum Gasteiger partial charge on any atom is -0.493 e. The highest BCUT2D eigenvalue weighted by molar-refractivity contribution is 6.31. The van der Waals surface area contributed by atoms with E-state index in [1.807, 2.05) is 72.3 Å². The van der Waals surface area contributed by atoms with Crippen molar-refractivity contribution in [2.75, 3.05) is 32.8 Å². The van der Waals surface area contributed by atoms with Gasteiger partial charge in [-0.1, -0.05) is 75.2 Å². The van der Waals surface area contributed by atoms with E-state index in [1.165, 1.54) is 0 Å². The average molecular weight is 739 g/mol. The van der Waals surface area contributed by atoms with Crippen molar-refractivity contribution in [3.05, 3.63) is 81.6 Å². The van der Waals surface area contributed by atoms with Crippen LogP contribution in [0.4, 0.5) is 4.79 Å². The van der Waals surface area contributed by atoms with Gasteiger partial charge in [-0.2, -0.15) is 0 Å². The first-order valence-corrected chi connectivity index (χ1v) is 19.3. The molecule has 1 aromatic heterocycles. The lowest BCUT2D eigenvalue weighted by atomic mass is 9.83. The summed E-state index contributed by atoms with van der Waals surface area (Å²) in [6.07, 6.45) is 11.6. The monoisotopic (exact) mass is 737 g/mol. The van der Waals surface area contributed by atoms with E-state index < -0.39 is 5.54 Å². The van der Waals surface area contributed by atoms with Crippen molar-refractivity contribution < 1.29 is 14.3 Å². The van der Waals surface area contributed by atoms with Gasteiger partial charge in [0.2, 0.25) is 5.91 Å². The molecule has 278 valence electrons. The van der Waals surface area contributed by atoms with Gasteiger partial charge >= 0.3 is 6.03 Å². The molecule has 1 aliphatic heterocycles. The van der Waals surface area contributed by atoms with E-state index in [2.05, 4.69) is 47.6 Å². The van der Waals surface area contributed by atoms with Crippen molar-refractivity contribution in [1.82, 2.24) is 19.7 Å². The number of halogens is 2. The molecule has 0 N–H and O–H groups in total. The zero-order valence-electron chi connectivity index (χ0n) is 31.8. The largest absolute Gasteiger partial charge is 0.493 e. The van der Waals surface area contributed by atoms with E-state index in [0.29, 0.717) is 53.3 Å². The molecule has 1 unspecified atom stereocenters. The second kappa shape index (κ2) is 17.9. The number of benzene rings is 1. The van der Waals surface area contributed by atoms with Crippen LogP contribution in [0.1, 0.15) is 104 Å². The van der Waals surface area contributed by atoms with Crippen LogP contribution in [0.3, 0.4) is 0 Å². The first kappa shape index (κ1) is 40.4. The Balaban J connectivity index is 1.78. The quantitative estimate of drug-likeness (QED) is 0.161. The molecule has 2 aliphatic rings. The van der Waals surface area contributed by atoms with Gasteiger partial charge in [0.1, 0.15) is 11.6 Å². The van der Waals surface area contributed by atoms with Crippen LogP contribution < -0.4 is 4.74 Å². The van der Waals surface area contributed by atoms with Crippen LogP contribution >= 0.6 is 23.2 Å². The highest BCUT2D eigenvalue weighted by atomic mass is 35.5. The van der Waals surface area contributed by atoms with Gasteiger partial charge < -0.3 is 14.5 Å². The molecule has 1 atom stereocenters. The number of carbonyl (C=O) groups excluding carboxylic acids is 2. The predicted molar refractivity (Wildman–Crippen MR) is 210 cm³/mol. The first-order valence-electron chi connectivity index (χ1n) is 18.5. The summed E-state index contributed by atoms with van der Waals surface area (Å²) in [6, 6.07) is 9.41. The fraction of sp³-hybridized carbons (Fsp3) is 0.561. The fourth-order valence-electron chi connectivity index (χ4n) is 6.64. The molecule has 2 heterocycles. The molecule has 8 nitrogen and oxygen atoms in total. The zero-order chi connectivity index (χ0) is 37.3. The number of hydrogen-bond donors (Lipinski definition) is 0. The van der Waals surface area contributed by atoms with Crippen molar-refractivity contribution in [3.8, 4) is 5.75 Å². The molecular formula is C41H57Cl2N5O3. The number of likely N-dealkylation sites (tertiary alicyclic amines) is 1. The molecule has 1 saturated heterocycles. The van der Waals surface area contributed by atoms with Gasteiger partial charge in [-0.25, -0.2) is 4.79 Å². The van der Waals surface area contributed by atoms with Crippen LogP contribution in [-0.4, -0.2) is 75.8 Å². The van der Waals surface area contributed by atoms with E-state index in [-0.39, 0.29) is 35.7 Å². The number of urea groups is 1. The fourth-order valence-corrected chi connectivity index (χ4v) is 6.93. The number of hydrogen-bond acceptors (Lipinski definition) is 5. The molecule has 3 amide bonds. The number of amidine groups is 1. The van der Waals surface area contributed by atoms with E-state index >= 15 is 0 Å². The molecule has 10 heteroatoms. The van der Waals surface area contributed by atoms with Crippen LogP contribution in [0.5, 0.6) is 5.75 Å². The summed E-state index contributed by atoms with van der Waals surface area (Å²) in [5.74, 6) is 1.62. The molecule has 0 radical (unpaired) electrons. The minimum atomic E-state index is -0.623. The normalized spacial score (nSPS) is 17.3. The number of amides is 3. The summed E-state index contributed by atoms with van der Waals surface area (Å²) in [4.78, 5) is 44.0. The smallest absolute Gasteiger partial charge is 0.325 e. The number of piperidine rings is 1. The molecule has 2 aromatic rings. The molecule has 0 spiro atoms. The van der Waals surface area contributed by atoms with Crippen molar-refractivity contribution >= 4 is 41.0 Å². The third kappa shape index (κ3) is 10.8. The van der Waals surface area contributed by atoms with Crippen LogP contribution in [0.15, 0.2) is 64.8 Å². The average Bonchev–Trinajstić information content (AvgIpc) is 3.09. The Morgan fingerprint density at radius 3 is 2.29 bits per heavy atom. The number of allylic oxidation sites excluding steroid dienone is 3. The maximum Gasteiger partial charge on any atom is 0.325 e. The Morgan fingerprint density at radius 2 is 1.73 bits per heavy atom. The maximum absolute atomic E-state index is 14.9. The third-order valence-electron chi connectivity index (χ3n) is 9.85. The summed E-state index contributed by atoms with van der Waals surface area (Å²) < 4.78 is 6.30. The van der Waals surface area contributed by atoms with Crippen molar-refractivity contribution in [2.45, 2.75) is 105 Å². The number of nitrogens with zero attached hydrogens (tertiary/aromatic N) is 5. The minimum absolute atomic E-state index is 0.0449. The van der Waals surface area contributed by atoms with Gasteiger partial charge in [-0.05, 0) is 83.1 Å². The van der Waals surface area contributed by atoms with E-state index in [4.69, 9.17) is 37.9 Å². The Kier molecular flexibility index (Phi) is 14.2. The van der Waals surface area contributed by atoms with Gasteiger partial charge in [0, 0.05) is 71.9 Å². The summed E-state index contributed by atoms with van der Waals surface area (Å²) in [5, 5.41) is 1.34. The molecule has 4 rings (SSSR count). The van der Waals surface area contributed by atoms with Gasteiger partial charge in [0.05, 0.1) is 24.3 Å². The van der Waals surface area contributed by atoms with Crippen molar-refractivity contribution in [3.63, 3.8) is 0 Å². The Hall–Kier alpha value is -3.36. The lowest BCUT2D eigenvalue weighted by Crippen LogP contribution is -2.50. The Labute approximate surface area is 315 Å². The predicted octanol–water partition coefficient (Wildman–Crippen LogP) is 9.64. The van der Waals surface area contributed by atoms with Gasteiger partial charge in [0.25, 0.3) is 0 Å². The van der Waals surface area contributed by atoms with Crippen LogP contribution in [0.25, 0.3) is 0 Å². The number of carbonyl (C=O) groups is 2. The first-order chi connectivity index (χ1) is 24.2. The summed E-state index contributed by atoms with van der Waals surface area (Å²) in [5.41, 5.74) is 1.62. The molecular weight excluding hydrogens is 681 g/mol. The molecule has 0 bridgehead atoms. The second-order valence-corrected chi connectivity index (χ2v) is 16.1. The molecule has 51 heavy (non-hydrogen) atoms.